The van der Waals surface area contributed by atoms with E-state index in [1.54, 1.807) is 6.08 Å². The number of rotatable bonds is 4. The van der Waals surface area contributed by atoms with Gasteiger partial charge in [-0.15, -0.1) is 0 Å². The number of hydrogen-bond acceptors (Lipinski definition) is 4. The van der Waals surface area contributed by atoms with Crippen molar-refractivity contribution >= 4 is 18.0 Å². The molecule has 0 unspecified atom stereocenters. The maximum atomic E-state index is 12.2. The number of fused-ring (bicyclic) bond motifs is 1. The summed E-state index contributed by atoms with van der Waals surface area (Å²) in [4.78, 5) is 24.3. The van der Waals surface area contributed by atoms with Gasteiger partial charge in [0.15, 0.2) is 6.61 Å². The lowest BCUT2D eigenvalue weighted by atomic mass is 9.78. The van der Waals surface area contributed by atoms with Crippen molar-refractivity contribution in [2.24, 2.45) is 11.8 Å². The first kappa shape index (κ1) is 17.5. The molecule has 1 amide bonds. The molecule has 1 heterocycles. The molecule has 5 heteroatoms. The van der Waals surface area contributed by atoms with E-state index in [0.717, 1.165) is 24.2 Å². The Kier molecular flexibility index (Phi) is 5.41. The number of benzene rings is 1. The van der Waals surface area contributed by atoms with Crippen LogP contribution in [0.3, 0.4) is 0 Å². The fourth-order valence-corrected chi connectivity index (χ4v) is 3.49. The van der Waals surface area contributed by atoms with Gasteiger partial charge in [-0.3, -0.25) is 4.79 Å². The molecule has 134 valence electrons. The lowest BCUT2D eigenvalue weighted by Gasteiger charge is -2.34. The number of para-hydroxylation sites is 1. The van der Waals surface area contributed by atoms with Crippen LogP contribution in [-0.4, -0.2) is 31.1 Å². The number of carbonyl (C=O) groups is 2. The van der Waals surface area contributed by atoms with Crippen molar-refractivity contribution < 1.29 is 19.1 Å². The molecule has 25 heavy (non-hydrogen) atoms. The van der Waals surface area contributed by atoms with Gasteiger partial charge in [-0.2, -0.15) is 0 Å². The van der Waals surface area contributed by atoms with Gasteiger partial charge in [0.2, 0.25) is 0 Å². The van der Waals surface area contributed by atoms with Crippen LogP contribution >= 0.6 is 0 Å². The summed E-state index contributed by atoms with van der Waals surface area (Å²) in [5, 5.41) is 3.01. The smallest absolute Gasteiger partial charge is 0.338 e. The van der Waals surface area contributed by atoms with E-state index < -0.39 is 5.97 Å². The van der Waals surface area contributed by atoms with E-state index in [1.165, 1.54) is 6.42 Å². The zero-order valence-electron chi connectivity index (χ0n) is 14.8. The first-order valence-corrected chi connectivity index (χ1v) is 8.93. The second-order valence-electron chi connectivity index (χ2n) is 7.01. The Balaban J connectivity index is 1.51. The third kappa shape index (κ3) is 4.21. The summed E-state index contributed by atoms with van der Waals surface area (Å²) in [6.07, 6.45) is 5.07. The summed E-state index contributed by atoms with van der Waals surface area (Å²) in [7, 11) is 0. The van der Waals surface area contributed by atoms with E-state index in [0.29, 0.717) is 17.4 Å². The zero-order chi connectivity index (χ0) is 17.8. The minimum Gasteiger partial charge on any atom is -0.488 e. The third-order valence-electron chi connectivity index (χ3n) is 5.28. The number of ether oxygens (including phenoxy) is 2. The van der Waals surface area contributed by atoms with Crippen molar-refractivity contribution in [2.45, 2.75) is 39.2 Å². The Labute approximate surface area is 148 Å². The van der Waals surface area contributed by atoms with Gasteiger partial charge in [-0.05, 0) is 30.4 Å². The van der Waals surface area contributed by atoms with Crippen molar-refractivity contribution in [2.75, 3.05) is 13.2 Å². The van der Waals surface area contributed by atoms with Crippen LogP contribution in [-0.2, 0) is 14.3 Å². The van der Waals surface area contributed by atoms with Gasteiger partial charge >= 0.3 is 5.97 Å². The standard InChI is InChI=1S/C20H25NO4/c1-13-6-5-8-17(14(13)2)21-19(22)12-25-20(23)16-10-15-7-3-4-9-18(15)24-11-16/h3-4,7,9-10,13-14,17H,5-6,8,11-12H2,1-2H3,(H,21,22)/t13-,14+,17+/m0/s1. The second kappa shape index (κ2) is 7.72. The molecule has 2 aliphatic rings. The Morgan fingerprint density at radius 3 is 2.88 bits per heavy atom. The van der Waals surface area contributed by atoms with Crippen LogP contribution in [0.15, 0.2) is 29.8 Å². The molecule has 3 rings (SSSR count). The predicted molar refractivity (Wildman–Crippen MR) is 95.0 cm³/mol. The van der Waals surface area contributed by atoms with Crippen LogP contribution in [0, 0.1) is 11.8 Å². The van der Waals surface area contributed by atoms with Crippen molar-refractivity contribution in [3.8, 4) is 5.75 Å². The third-order valence-corrected chi connectivity index (χ3v) is 5.28. The van der Waals surface area contributed by atoms with E-state index >= 15 is 0 Å². The average molecular weight is 343 g/mol. The molecule has 1 fully saturated rings. The fraction of sp³-hybridized carbons (Fsp3) is 0.500. The van der Waals surface area contributed by atoms with Crippen LogP contribution in [0.5, 0.6) is 5.75 Å². The van der Waals surface area contributed by atoms with Crippen molar-refractivity contribution in [3.63, 3.8) is 0 Å². The number of nitrogens with one attached hydrogen (secondary N) is 1. The van der Waals surface area contributed by atoms with Gasteiger partial charge in [0.25, 0.3) is 5.91 Å². The number of carbonyl (C=O) groups excluding carboxylic acids is 2. The van der Waals surface area contributed by atoms with Crippen LogP contribution < -0.4 is 10.1 Å². The quantitative estimate of drug-likeness (QED) is 0.854. The first-order valence-electron chi connectivity index (χ1n) is 8.93. The van der Waals surface area contributed by atoms with E-state index in [2.05, 4.69) is 19.2 Å². The Bertz CT molecular complexity index is 682. The number of esters is 1. The summed E-state index contributed by atoms with van der Waals surface area (Å²) in [5.74, 6) is 1.05. The topological polar surface area (TPSA) is 64.6 Å². The highest BCUT2D eigenvalue weighted by Gasteiger charge is 2.28. The maximum absolute atomic E-state index is 12.2. The summed E-state index contributed by atoms with van der Waals surface area (Å²) in [6.45, 7) is 4.29. The second-order valence-corrected chi connectivity index (χ2v) is 7.01. The molecule has 0 saturated heterocycles. The molecule has 3 atom stereocenters. The molecule has 1 saturated carbocycles. The SMILES string of the molecule is C[C@@H]1[C@@H](C)CCC[C@H]1NC(=O)COC(=O)C1=Cc2ccccc2OC1. The lowest BCUT2D eigenvalue weighted by molar-refractivity contribution is -0.145. The van der Waals surface area contributed by atoms with E-state index in [1.807, 2.05) is 24.3 Å². The van der Waals surface area contributed by atoms with Gasteiger partial charge in [-0.1, -0.05) is 44.9 Å². The highest BCUT2D eigenvalue weighted by Crippen LogP contribution is 2.29. The van der Waals surface area contributed by atoms with Crippen LogP contribution in [0.25, 0.3) is 6.08 Å². The molecule has 0 aromatic heterocycles. The molecule has 1 aromatic carbocycles. The van der Waals surface area contributed by atoms with Gasteiger partial charge in [0.1, 0.15) is 12.4 Å². The molecule has 0 radical (unpaired) electrons. The van der Waals surface area contributed by atoms with E-state index in [4.69, 9.17) is 9.47 Å². The predicted octanol–water partition coefficient (Wildman–Crippen LogP) is 2.95. The summed E-state index contributed by atoms with van der Waals surface area (Å²) in [6, 6.07) is 7.66. The molecular formula is C20H25NO4. The Morgan fingerprint density at radius 1 is 1.24 bits per heavy atom. The number of hydrogen-bond donors (Lipinski definition) is 1. The van der Waals surface area contributed by atoms with Crippen LogP contribution in [0.1, 0.15) is 38.7 Å². The summed E-state index contributed by atoms with van der Waals surface area (Å²) in [5.41, 5.74) is 1.27. The van der Waals surface area contributed by atoms with E-state index in [9.17, 15) is 9.59 Å². The van der Waals surface area contributed by atoms with Gasteiger partial charge < -0.3 is 14.8 Å². The first-order chi connectivity index (χ1) is 12.0. The molecule has 1 N–H and O–H groups in total. The Morgan fingerprint density at radius 2 is 2.04 bits per heavy atom. The molecule has 1 aliphatic carbocycles. The highest BCUT2D eigenvalue weighted by atomic mass is 16.5. The molecule has 1 aliphatic heterocycles. The molecule has 1 aromatic rings. The van der Waals surface area contributed by atoms with Gasteiger partial charge in [0, 0.05) is 11.6 Å². The summed E-state index contributed by atoms with van der Waals surface area (Å²) >= 11 is 0. The van der Waals surface area contributed by atoms with Crippen molar-refractivity contribution in [3.05, 3.63) is 35.4 Å². The minimum atomic E-state index is -0.505. The monoisotopic (exact) mass is 343 g/mol. The van der Waals surface area contributed by atoms with Gasteiger partial charge in [-0.25, -0.2) is 4.79 Å². The van der Waals surface area contributed by atoms with Crippen LogP contribution in [0.4, 0.5) is 0 Å². The minimum absolute atomic E-state index is 0.161. The molecule has 0 bridgehead atoms. The fourth-order valence-electron chi connectivity index (χ4n) is 3.49. The van der Waals surface area contributed by atoms with E-state index in [-0.39, 0.29) is 25.2 Å². The average Bonchev–Trinajstić information content (AvgIpc) is 2.63. The molecule has 0 spiro atoms. The van der Waals surface area contributed by atoms with Gasteiger partial charge in [0.05, 0.1) is 5.57 Å². The molecular weight excluding hydrogens is 318 g/mol. The zero-order valence-corrected chi connectivity index (χ0v) is 14.8. The van der Waals surface area contributed by atoms with Crippen LogP contribution in [0.2, 0.25) is 0 Å². The number of amides is 1. The maximum Gasteiger partial charge on any atom is 0.338 e. The highest BCUT2D eigenvalue weighted by molar-refractivity contribution is 5.96. The molecule has 5 nitrogen and oxygen atoms in total. The Hall–Kier alpha value is -2.30. The summed E-state index contributed by atoms with van der Waals surface area (Å²) < 4.78 is 10.7. The normalized spacial score (nSPS) is 25.2. The largest absolute Gasteiger partial charge is 0.488 e. The lowest BCUT2D eigenvalue weighted by Crippen LogP contribution is -2.45. The van der Waals surface area contributed by atoms with Crippen molar-refractivity contribution in [1.82, 2.24) is 5.32 Å². The van der Waals surface area contributed by atoms with Crippen molar-refractivity contribution in [1.29, 1.82) is 0 Å².